The quantitative estimate of drug-likeness (QED) is 0.719. The highest BCUT2D eigenvalue weighted by molar-refractivity contribution is 5.91. The molecule has 0 radical (unpaired) electrons. The monoisotopic (exact) mass is 367 g/mol. The molecule has 6 heteroatoms. The van der Waals surface area contributed by atoms with Gasteiger partial charge in [-0.2, -0.15) is 0 Å². The fourth-order valence-electron chi connectivity index (χ4n) is 2.46. The first-order chi connectivity index (χ1) is 13.0. The van der Waals surface area contributed by atoms with E-state index in [0.717, 1.165) is 17.9 Å². The molecule has 2 aromatic carbocycles. The smallest absolute Gasteiger partial charge is 0.287 e. The Hall–Kier alpha value is -3.41. The number of amides is 1. The van der Waals surface area contributed by atoms with E-state index >= 15 is 0 Å². The Morgan fingerprint density at radius 1 is 1.15 bits per heavy atom. The van der Waals surface area contributed by atoms with Gasteiger partial charge in [0.1, 0.15) is 18.7 Å². The molecule has 138 valence electrons. The van der Waals surface area contributed by atoms with Crippen molar-refractivity contribution in [3.63, 3.8) is 0 Å². The molecule has 0 fully saturated rings. The standard InChI is InChI=1S/C21H18FNO4/c1-14(16-5-3-2-4-6-16)23-21(25)19-11-18(24)20(13-27-19)26-12-15-7-9-17(22)10-8-15/h2-11,13-14H,12H2,1H3,(H,23,25)/t14-/m1/s1. The van der Waals surface area contributed by atoms with Crippen molar-refractivity contribution in [3.05, 3.63) is 99.9 Å². The molecular weight excluding hydrogens is 349 g/mol. The summed E-state index contributed by atoms with van der Waals surface area (Å²) in [6.45, 7) is 1.92. The molecule has 5 nitrogen and oxygen atoms in total. The average molecular weight is 367 g/mol. The van der Waals surface area contributed by atoms with Crippen LogP contribution in [0.5, 0.6) is 5.75 Å². The predicted molar refractivity (Wildman–Crippen MR) is 98.0 cm³/mol. The van der Waals surface area contributed by atoms with E-state index in [-0.39, 0.29) is 30.0 Å². The molecule has 0 spiro atoms. The molecule has 0 aliphatic carbocycles. The molecule has 1 aromatic heterocycles. The van der Waals surface area contributed by atoms with Crippen molar-refractivity contribution in [2.24, 2.45) is 0 Å². The van der Waals surface area contributed by atoms with Gasteiger partial charge in [0.15, 0.2) is 5.76 Å². The molecule has 1 N–H and O–H groups in total. The topological polar surface area (TPSA) is 68.5 Å². The first kappa shape index (κ1) is 18.4. The van der Waals surface area contributed by atoms with Crippen molar-refractivity contribution in [2.75, 3.05) is 0 Å². The Morgan fingerprint density at radius 2 is 1.85 bits per heavy atom. The van der Waals surface area contributed by atoms with E-state index < -0.39 is 11.3 Å². The lowest BCUT2D eigenvalue weighted by atomic mass is 10.1. The first-order valence-electron chi connectivity index (χ1n) is 8.39. The van der Waals surface area contributed by atoms with E-state index in [4.69, 9.17) is 9.15 Å². The largest absolute Gasteiger partial charge is 0.482 e. The van der Waals surface area contributed by atoms with Gasteiger partial charge in [-0.25, -0.2) is 4.39 Å². The van der Waals surface area contributed by atoms with Crippen LogP contribution in [0.2, 0.25) is 0 Å². The van der Waals surface area contributed by atoms with Crippen LogP contribution in [0.15, 0.2) is 76.1 Å². The third-order valence-corrected chi connectivity index (χ3v) is 3.98. The van der Waals surface area contributed by atoms with E-state index in [1.165, 1.54) is 12.1 Å². The van der Waals surface area contributed by atoms with Crippen molar-refractivity contribution in [1.82, 2.24) is 5.32 Å². The molecule has 0 bridgehead atoms. The van der Waals surface area contributed by atoms with Gasteiger partial charge >= 0.3 is 0 Å². The molecule has 3 aromatic rings. The van der Waals surface area contributed by atoms with E-state index in [1.807, 2.05) is 37.3 Å². The van der Waals surface area contributed by atoms with Crippen LogP contribution in [0.1, 0.15) is 34.6 Å². The number of carbonyl (C=O) groups is 1. The van der Waals surface area contributed by atoms with Crippen molar-refractivity contribution < 1.29 is 18.3 Å². The summed E-state index contributed by atoms with van der Waals surface area (Å²) in [5.41, 5.74) is 1.17. The van der Waals surface area contributed by atoms with Crippen LogP contribution in [-0.2, 0) is 6.61 Å². The van der Waals surface area contributed by atoms with Gasteiger partial charge < -0.3 is 14.5 Å². The lowest BCUT2D eigenvalue weighted by molar-refractivity contribution is 0.0908. The first-order valence-corrected chi connectivity index (χ1v) is 8.39. The highest BCUT2D eigenvalue weighted by Gasteiger charge is 2.15. The number of hydrogen-bond donors (Lipinski definition) is 1. The second-order valence-corrected chi connectivity index (χ2v) is 5.99. The summed E-state index contributed by atoms with van der Waals surface area (Å²) < 4.78 is 23.5. The minimum Gasteiger partial charge on any atom is -0.482 e. The van der Waals surface area contributed by atoms with Crippen LogP contribution in [0, 0.1) is 5.82 Å². The number of nitrogens with one attached hydrogen (secondary N) is 1. The van der Waals surface area contributed by atoms with Crippen LogP contribution < -0.4 is 15.5 Å². The highest BCUT2D eigenvalue weighted by Crippen LogP contribution is 2.14. The minimum absolute atomic E-state index is 0.0213. The zero-order valence-corrected chi connectivity index (χ0v) is 14.6. The van der Waals surface area contributed by atoms with Crippen molar-refractivity contribution in [3.8, 4) is 5.75 Å². The van der Waals surface area contributed by atoms with Crippen molar-refractivity contribution >= 4 is 5.91 Å². The number of carbonyl (C=O) groups excluding carboxylic acids is 1. The Kier molecular flexibility index (Phi) is 5.66. The SMILES string of the molecule is C[C@@H](NC(=O)c1cc(=O)c(OCc2ccc(F)cc2)co1)c1ccccc1. The van der Waals surface area contributed by atoms with Crippen molar-refractivity contribution in [2.45, 2.75) is 19.6 Å². The number of ether oxygens (including phenoxy) is 1. The normalized spacial score (nSPS) is 11.6. The molecule has 3 rings (SSSR count). The number of benzene rings is 2. The van der Waals surface area contributed by atoms with Crippen molar-refractivity contribution in [1.29, 1.82) is 0 Å². The van der Waals surface area contributed by atoms with Gasteiger partial charge in [0, 0.05) is 6.07 Å². The van der Waals surface area contributed by atoms with Crippen LogP contribution in [0.3, 0.4) is 0 Å². The van der Waals surface area contributed by atoms with Crippen LogP contribution in [0.4, 0.5) is 4.39 Å². The molecule has 0 saturated carbocycles. The Labute approximate surface area is 155 Å². The molecule has 1 heterocycles. The second kappa shape index (κ2) is 8.31. The van der Waals surface area contributed by atoms with E-state index in [2.05, 4.69) is 5.32 Å². The molecule has 1 atom stereocenters. The lowest BCUT2D eigenvalue weighted by Gasteiger charge is -2.13. The summed E-state index contributed by atoms with van der Waals surface area (Å²) in [5.74, 6) is -0.962. The number of halogens is 1. The second-order valence-electron chi connectivity index (χ2n) is 5.99. The lowest BCUT2D eigenvalue weighted by Crippen LogP contribution is -2.27. The summed E-state index contributed by atoms with van der Waals surface area (Å²) in [6, 6.07) is 16.0. The third kappa shape index (κ3) is 4.82. The van der Waals surface area contributed by atoms with Gasteiger partial charge in [-0.15, -0.1) is 0 Å². The van der Waals surface area contributed by atoms with Gasteiger partial charge in [-0.3, -0.25) is 9.59 Å². The molecule has 1 amide bonds. The zero-order valence-electron chi connectivity index (χ0n) is 14.6. The maximum absolute atomic E-state index is 12.9. The number of rotatable bonds is 6. The Bertz CT molecular complexity index is 967. The molecule has 0 saturated heterocycles. The van der Waals surface area contributed by atoms with Gasteiger partial charge in [0.2, 0.25) is 11.2 Å². The summed E-state index contributed by atoms with van der Waals surface area (Å²) in [6.07, 6.45) is 1.11. The summed E-state index contributed by atoms with van der Waals surface area (Å²) >= 11 is 0. The van der Waals surface area contributed by atoms with Gasteiger partial charge in [-0.1, -0.05) is 42.5 Å². The third-order valence-electron chi connectivity index (χ3n) is 3.98. The summed E-state index contributed by atoms with van der Waals surface area (Å²) in [5, 5.41) is 2.77. The van der Waals surface area contributed by atoms with Gasteiger partial charge in [0.05, 0.1) is 6.04 Å². The van der Waals surface area contributed by atoms with E-state index in [1.54, 1.807) is 12.1 Å². The average Bonchev–Trinajstić information content (AvgIpc) is 2.69. The maximum atomic E-state index is 12.9. The van der Waals surface area contributed by atoms with Gasteiger partial charge in [0.25, 0.3) is 5.91 Å². The fourth-order valence-corrected chi connectivity index (χ4v) is 2.46. The summed E-state index contributed by atoms with van der Waals surface area (Å²) in [4.78, 5) is 24.4. The zero-order chi connectivity index (χ0) is 19.2. The molecule has 0 aliphatic heterocycles. The van der Waals surface area contributed by atoms with E-state index in [9.17, 15) is 14.0 Å². The maximum Gasteiger partial charge on any atom is 0.287 e. The molecule has 0 unspecified atom stereocenters. The highest BCUT2D eigenvalue weighted by atomic mass is 19.1. The Morgan fingerprint density at radius 3 is 2.52 bits per heavy atom. The fraction of sp³-hybridized carbons (Fsp3) is 0.143. The minimum atomic E-state index is -0.492. The molecule has 27 heavy (non-hydrogen) atoms. The molecular formula is C21H18FNO4. The number of hydrogen-bond acceptors (Lipinski definition) is 4. The van der Waals surface area contributed by atoms with Gasteiger partial charge in [-0.05, 0) is 30.2 Å². The summed E-state index contributed by atoms with van der Waals surface area (Å²) in [7, 11) is 0. The predicted octanol–water partition coefficient (Wildman–Crippen LogP) is 3.85. The van der Waals surface area contributed by atoms with Crippen LogP contribution >= 0.6 is 0 Å². The Balaban J connectivity index is 1.64. The van der Waals surface area contributed by atoms with Crippen LogP contribution in [-0.4, -0.2) is 5.91 Å². The van der Waals surface area contributed by atoms with Crippen LogP contribution in [0.25, 0.3) is 0 Å². The van der Waals surface area contributed by atoms with E-state index in [0.29, 0.717) is 5.56 Å². The molecule has 0 aliphatic rings.